The summed E-state index contributed by atoms with van der Waals surface area (Å²) < 4.78 is 0. The van der Waals surface area contributed by atoms with Crippen molar-refractivity contribution in [3.05, 3.63) is 27.4 Å². The van der Waals surface area contributed by atoms with Gasteiger partial charge in [0.15, 0.2) is 0 Å². The number of rotatable bonds is 2. The van der Waals surface area contributed by atoms with Crippen LogP contribution in [0.1, 0.15) is 18.4 Å². The summed E-state index contributed by atoms with van der Waals surface area (Å²) >= 11 is 5.70. The van der Waals surface area contributed by atoms with E-state index in [9.17, 15) is 9.59 Å². The molecule has 14 heavy (non-hydrogen) atoms. The van der Waals surface area contributed by atoms with Gasteiger partial charge >= 0.3 is 5.97 Å². The molecule has 0 unspecified atom stereocenters. The normalized spacial score (nSPS) is 17.8. The van der Waals surface area contributed by atoms with E-state index in [-0.39, 0.29) is 10.7 Å². The van der Waals surface area contributed by atoms with E-state index in [1.807, 2.05) is 0 Å². The minimum Gasteiger partial charge on any atom is -0.481 e. The fourth-order valence-corrected chi connectivity index (χ4v) is 1.80. The Hall–Kier alpha value is -1.36. The largest absolute Gasteiger partial charge is 0.481 e. The van der Waals surface area contributed by atoms with Gasteiger partial charge in [-0.25, -0.2) is 4.98 Å². The van der Waals surface area contributed by atoms with Crippen molar-refractivity contribution in [3.8, 4) is 0 Å². The van der Waals surface area contributed by atoms with Gasteiger partial charge in [0.05, 0.1) is 11.9 Å². The molecule has 1 saturated carbocycles. The highest BCUT2D eigenvalue weighted by atomic mass is 35.5. The Labute approximate surface area is 83.7 Å². The van der Waals surface area contributed by atoms with E-state index in [1.165, 1.54) is 0 Å². The molecule has 2 rings (SSSR count). The predicted octanol–water partition coefficient (Wildman–Crippen LogP) is 0.539. The smallest absolute Gasteiger partial charge is 0.314 e. The van der Waals surface area contributed by atoms with Gasteiger partial charge in [-0.15, -0.1) is 0 Å². The first kappa shape index (κ1) is 9.21. The summed E-state index contributed by atoms with van der Waals surface area (Å²) in [5, 5.41) is 8.95. The molecule has 1 aromatic heterocycles. The molecule has 1 heterocycles. The Kier molecular flexibility index (Phi) is 1.85. The van der Waals surface area contributed by atoms with E-state index in [1.54, 1.807) is 0 Å². The summed E-state index contributed by atoms with van der Waals surface area (Å²) in [5.41, 5.74) is -1.49. The number of carboxylic acid groups (broad SMARTS) is 1. The van der Waals surface area contributed by atoms with E-state index in [0.717, 1.165) is 6.33 Å². The van der Waals surface area contributed by atoms with E-state index in [4.69, 9.17) is 16.7 Å². The van der Waals surface area contributed by atoms with Crippen molar-refractivity contribution in [1.29, 1.82) is 0 Å². The molecule has 1 aromatic rings. The number of nitrogens with zero attached hydrogens (tertiary/aromatic N) is 1. The summed E-state index contributed by atoms with van der Waals surface area (Å²) in [6.45, 7) is 0. The van der Waals surface area contributed by atoms with Crippen molar-refractivity contribution in [2.45, 2.75) is 18.3 Å². The highest BCUT2D eigenvalue weighted by molar-refractivity contribution is 6.30. The third-order valence-electron chi connectivity index (χ3n) is 2.44. The Bertz CT molecular complexity index is 450. The first-order valence-electron chi connectivity index (χ1n) is 4.05. The summed E-state index contributed by atoms with van der Waals surface area (Å²) in [5.74, 6) is -1.02. The molecule has 0 aromatic carbocycles. The molecule has 0 amide bonds. The molecule has 0 saturated heterocycles. The number of carbonyl (C=O) groups is 1. The lowest BCUT2D eigenvalue weighted by molar-refractivity contribution is -0.140. The number of H-pyrrole nitrogens is 1. The molecular weight excluding hydrogens is 208 g/mol. The van der Waals surface area contributed by atoms with Gasteiger partial charge in [0.25, 0.3) is 5.56 Å². The van der Waals surface area contributed by atoms with Crippen LogP contribution in [0.5, 0.6) is 0 Å². The van der Waals surface area contributed by atoms with Crippen molar-refractivity contribution in [3.63, 3.8) is 0 Å². The highest BCUT2D eigenvalue weighted by Gasteiger charge is 2.55. The van der Waals surface area contributed by atoms with Gasteiger partial charge in [-0.1, -0.05) is 11.6 Å². The first-order valence-corrected chi connectivity index (χ1v) is 4.43. The minimum atomic E-state index is -1.10. The Balaban J connectivity index is 2.63. The van der Waals surface area contributed by atoms with Crippen LogP contribution in [0.2, 0.25) is 5.15 Å². The first-order chi connectivity index (χ1) is 6.58. The van der Waals surface area contributed by atoms with Crippen molar-refractivity contribution in [1.82, 2.24) is 9.97 Å². The quantitative estimate of drug-likeness (QED) is 0.704. The summed E-state index contributed by atoms with van der Waals surface area (Å²) in [6, 6.07) is 0. The number of hydrogen-bond donors (Lipinski definition) is 2. The molecule has 0 aliphatic heterocycles. The third-order valence-corrected chi connectivity index (χ3v) is 2.73. The topological polar surface area (TPSA) is 83.0 Å². The number of halogens is 1. The maximum absolute atomic E-state index is 11.4. The fourth-order valence-electron chi connectivity index (χ4n) is 1.49. The fraction of sp³-hybridized carbons (Fsp3) is 0.375. The van der Waals surface area contributed by atoms with Gasteiger partial charge in [0.1, 0.15) is 10.6 Å². The van der Waals surface area contributed by atoms with Crippen LogP contribution in [0.4, 0.5) is 0 Å². The zero-order chi connectivity index (χ0) is 10.3. The van der Waals surface area contributed by atoms with E-state index in [2.05, 4.69) is 9.97 Å². The average molecular weight is 215 g/mol. The zero-order valence-electron chi connectivity index (χ0n) is 7.08. The van der Waals surface area contributed by atoms with Crippen molar-refractivity contribution in [2.24, 2.45) is 0 Å². The Morgan fingerprint density at radius 2 is 2.29 bits per heavy atom. The number of carboxylic acids is 1. The summed E-state index contributed by atoms with van der Waals surface area (Å²) in [7, 11) is 0. The van der Waals surface area contributed by atoms with Crippen LogP contribution in [-0.4, -0.2) is 21.0 Å². The molecular formula is C8H7ClN2O3. The average Bonchev–Trinajstić information content (AvgIpc) is 2.85. The number of aromatic amines is 1. The van der Waals surface area contributed by atoms with Crippen LogP contribution in [0.3, 0.4) is 0 Å². The van der Waals surface area contributed by atoms with Crippen LogP contribution < -0.4 is 5.56 Å². The lowest BCUT2D eigenvalue weighted by Crippen LogP contribution is -2.29. The molecule has 1 aliphatic rings. The molecule has 74 valence electrons. The maximum atomic E-state index is 11.4. The van der Waals surface area contributed by atoms with Crippen molar-refractivity contribution in [2.75, 3.05) is 0 Å². The molecule has 0 spiro atoms. The number of aliphatic carboxylic acids is 1. The molecule has 0 bridgehead atoms. The molecule has 1 fully saturated rings. The monoisotopic (exact) mass is 214 g/mol. The SMILES string of the molecule is O=C(O)C1(c2c(Cl)nc[nH]c2=O)CC1. The Morgan fingerprint density at radius 1 is 1.64 bits per heavy atom. The van der Waals surface area contributed by atoms with Crippen LogP contribution in [0.25, 0.3) is 0 Å². The van der Waals surface area contributed by atoms with Crippen LogP contribution in [0.15, 0.2) is 11.1 Å². The van der Waals surface area contributed by atoms with Gasteiger partial charge in [0, 0.05) is 0 Å². The second kappa shape index (κ2) is 2.81. The minimum absolute atomic E-state index is 0.0198. The lowest BCUT2D eigenvalue weighted by Gasteiger charge is -2.08. The number of hydrogen-bond acceptors (Lipinski definition) is 3. The molecule has 1 aliphatic carbocycles. The van der Waals surface area contributed by atoms with Crippen LogP contribution in [-0.2, 0) is 10.2 Å². The second-order valence-corrected chi connectivity index (χ2v) is 3.64. The number of aromatic nitrogens is 2. The highest BCUT2D eigenvalue weighted by Crippen LogP contribution is 2.48. The lowest BCUT2D eigenvalue weighted by atomic mass is 9.99. The van der Waals surface area contributed by atoms with Crippen molar-refractivity contribution < 1.29 is 9.90 Å². The standard InChI is InChI=1S/C8H7ClN2O3/c9-5-4(6(12)11-3-10-5)8(1-2-8)7(13)14/h3H,1-2H2,(H,13,14)(H,10,11,12). The second-order valence-electron chi connectivity index (χ2n) is 3.28. The maximum Gasteiger partial charge on any atom is 0.314 e. The molecule has 0 atom stereocenters. The molecule has 2 N–H and O–H groups in total. The van der Waals surface area contributed by atoms with Gasteiger partial charge in [-0.05, 0) is 12.8 Å². The van der Waals surface area contributed by atoms with Gasteiger partial charge in [-0.2, -0.15) is 0 Å². The molecule has 0 radical (unpaired) electrons. The van der Waals surface area contributed by atoms with Gasteiger partial charge < -0.3 is 10.1 Å². The van der Waals surface area contributed by atoms with Crippen LogP contribution in [0, 0.1) is 0 Å². The van der Waals surface area contributed by atoms with E-state index in [0.29, 0.717) is 12.8 Å². The molecule has 6 heteroatoms. The van der Waals surface area contributed by atoms with Crippen LogP contribution >= 0.6 is 11.6 Å². The number of nitrogens with one attached hydrogen (secondary N) is 1. The van der Waals surface area contributed by atoms with E-state index >= 15 is 0 Å². The summed E-state index contributed by atoms with van der Waals surface area (Å²) in [4.78, 5) is 28.3. The molecule has 5 nitrogen and oxygen atoms in total. The van der Waals surface area contributed by atoms with Crippen molar-refractivity contribution >= 4 is 17.6 Å². The zero-order valence-corrected chi connectivity index (χ0v) is 7.84. The Morgan fingerprint density at radius 3 is 2.71 bits per heavy atom. The van der Waals surface area contributed by atoms with E-state index < -0.39 is 16.9 Å². The van der Waals surface area contributed by atoms with Gasteiger partial charge in [0.2, 0.25) is 0 Å². The third kappa shape index (κ3) is 1.13. The predicted molar refractivity (Wildman–Crippen MR) is 48.4 cm³/mol. The summed E-state index contributed by atoms with van der Waals surface area (Å²) in [6.07, 6.45) is 2.04. The van der Waals surface area contributed by atoms with Gasteiger partial charge in [-0.3, -0.25) is 9.59 Å².